The van der Waals surface area contributed by atoms with Crippen molar-refractivity contribution >= 4 is 11.7 Å². The summed E-state index contributed by atoms with van der Waals surface area (Å²) in [6.07, 6.45) is 4.20. The van der Waals surface area contributed by atoms with E-state index < -0.39 is 0 Å². The number of aryl methyl sites for hydroxylation is 1. The predicted octanol–water partition coefficient (Wildman–Crippen LogP) is 0.172. The summed E-state index contributed by atoms with van der Waals surface area (Å²) in [4.78, 5) is 16.1. The van der Waals surface area contributed by atoms with E-state index in [0.717, 1.165) is 24.3 Å². The highest BCUT2D eigenvalue weighted by Crippen LogP contribution is 2.03. The van der Waals surface area contributed by atoms with Crippen molar-refractivity contribution in [3.63, 3.8) is 0 Å². The van der Waals surface area contributed by atoms with E-state index in [0.29, 0.717) is 25.3 Å². The van der Waals surface area contributed by atoms with Crippen LogP contribution in [0, 0.1) is 6.92 Å². The molecule has 0 aliphatic carbocycles. The fraction of sp³-hybridized carbons (Fsp3) is 0.429. The Bertz CT molecular complexity index is 593. The Kier molecular flexibility index (Phi) is 5.84. The summed E-state index contributed by atoms with van der Waals surface area (Å²) in [5, 5.41) is 13.6. The van der Waals surface area contributed by atoms with Crippen molar-refractivity contribution in [2.75, 3.05) is 25.0 Å². The molecule has 0 aliphatic rings. The van der Waals surface area contributed by atoms with Gasteiger partial charge in [0.25, 0.3) is 5.91 Å². The lowest BCUT2D eigenvalue weighted by Gasteiger charge is -2.06. The first kappa shape index (κ1) is 15.9. The Morgan fingerprint density at radius 1 is 1.36 bits per heavy atom. The van der Waals surface area contributed by atoms with Crippen LogP contribution in [0.15, 0.2) is 24.5 Å². The van der Waals surface area contributed by atoms with E-state index in [9.17, 15) is 4.79 Å². The van der Waals surface area contributed by atoms with Gasteiger partial charge in [0.05, 0.1) is 12.7 Å². The number of carbonyl (C=O) groups excluding carboxylic acids is 1. The van der Waals surface area contributed by atoms with Crippen molar-refractivity contribution in [2.45, 2.75) is 19.9 Å². The van der Waals surface area contributed by atoms with Crippen LogP contribution in [-0.4, -0.2) is 45.5 Å². The van der Waals surface area contributed by atoms with Crippen LogP contribution in [-0.2, 0) is 6.54 Å². The molecule has 0 fully saturated rings. The summed E-state index contributed by atoms with van der Waals surface area (Å²) in [6.45, 7) is 4.30. The van der Waals surface area contributed by atoms with E-state index in [1.807, 2.05) is 25.3 Å². The maximum Gasteiger partial charge on any atom is 0.273 e. The van der Waals surface area contributed by atoms with Gasteiger partial charge >= 0.3 is 0 Å². The minimum absolute atomic E-state index is 0.225. The molecule has 22 heavy (non-hydrogen) atoms. The van der Waals surface area contributed by atoms with Crippen molar-refractivity contribution in [2.24, 2.45) is 5.73 Å². The highest BCUT2D eigenvalue weighted by Gasteiger charge is 2.09. The van der Waals surface area contributed by atoms with Crippen molar-refractivity contribution in [3.8, 4) is 0 Å². The molecule has 8 heteroatoms. The Morgan fingerprint density at radius 2 is 2.23 bits per heavy atom. The largest absolute Gasteiger partial charge is 0.370 e. The fourth-order valence-electron chi connectivity index (χ4n) is 1.81. The molecule has 0 saturated heterocycles. The monoisotopic (exact) mass is 303 g/mol. The smallest absolute Gasteiger partial charge is 0.273 e. The van der Waals surface area contributed by atoms with Gasteiger partial charge in [-0.15, -0.1) is 5.10 Å². The van der Waals surface area contributed by atoms with Crippen LogP contribution >= 0.6 is 0 Å². The van der Waals surface area contributed by atoms with Crippen LogP contribution in [0.25, 0.3) is 0 Å². The second kappa shape index (κ2) is 8.08. The molecule has 2 rings (SSSR count). The molecule has 0 aromatic carbocycles. The number of anilines is 1. The van der Waals surface area contributed by atoms with Gasteiger partial charge in [-0.3, -0.25) is 9.48 Å². The Balaban J connectivity index is 1.65. The maximum absolute atomic E-state index is 11.8. The average Bonchev–Trinajstić information content (AvgIpc) is 2.98. The fourth-order valence-corrected chi connectivity index (χ4v) is 1.81. The maximum atomic E-state index is 11.8. The number of pyridine rings is 1. The lowest BCUT2D eigenvalue weighted by atomic mass is 10.3. The van der Waals surface area contributed by atoms with Crippen molar-refractivity contribution in [1.29, 1.82) is 0 Å². The third kappa shape index (κ3) is 4.81. The molecule has 4 N–H and O–H groups in total. The number of amides is 1. The van der Waals surface area contributed by atoms with Gasteiger partial charge in [0.15, 0.2) is 5.69 Å². The van der Waals surface area contributed by atoms with Crippen LogP contribution in [0.3, 0.4) is 0 Å². The zero-order valence-corrected chi connectivity index (χ0v) is 12.6. The van der Waals surface area contributed by atoms with Gasteiger partial charge in [0.2, 0.25) is 0 Å². The SMILES string of the molecule is Cc1ccc(NCCCNC(=O)c2cn(CCN)nn2)nc1. The van der Waals surface area contributed by atoms with Crippen LogP contribution in [0.4, 0.5) is 5.82 Å². The quantitative estimate of drug-likeness (QED) is 0.600. The van der Waals surface area contributed by atoms with Crippen LogP contribution in [0.5, 0.6) is 0 Å². The molecule has 8 nitrogen and oxygen atoms in total. The molecule has 0 atom stereocenters. The molecule has 0 saturated carbocycles. The number of rotatable bonds is 8. The first-order chi connectivity index (χ1) is 10.7. The standard InChI is InChI=1S/C14H21N7O/c1-11-3-4-13(18-9-11)16-6-2-7-17-14(22)12-10-21(8-5-15)20-19-12/h3-4,9-10H,2,5-8,15H2,1H3,(H,16,18)(H,17,22). The van der Waals surface area contributed by atoms with Crippen molar-refractivity contribution in [1.82, 2.24) is 25.3 Å². The number of nitrogens with zero attached hydrogens (tertiary/aromatic N) is 4. The molecule has 0 aliphatic heterocycles. The minimum Gasteiger partial charge on any atom is -0.370 e. The number of nitrogens with one attached hydrogen (secondary N) is 2. The van der Waals surface area contributed by atoms with Crippen LogP contribution < -0.4 is 16.4 Å². The zero-order chi connectivity index (χ0) is 15.8. The first-order valence-corrected chi connectivity index (χ1v) is 7.24. The molecule has 2 aromatic heterocycles. The van der Waals surface area contributed by atoms with Gasteiger partial charge in [-0.1, -0.05) is 11.3 Å². The van der Waals surface area contributed by atoms with Crippen molar-refractivity contribution < 1.29 is 4.79 Å². The van der Waals surface area contributed by atoms with Gasteiger partial charge in [-0.2, -0.15) is 0 Å². The third-order valence-corrected chi connectivity index (χ3v) is 2.99. The topological polar surface area (TPSA) is 111 Å². The minimum atomic E-state index is -0.225. The van der Waals surface area contributed by atoms with E-state index in [1.54, 1.807) is 10.9 Å². The van der Waals surface area contributed by atoms with Gasteiger partial charge in [0.1, 0.15) is 5.82 Å². The molecule has 1 amide bonds. The number of hydrogen-bond donors (Lipinski definition) is 3. The van der Waals surface area contributed by atoms with Gasteiger partial charge in [0, 0.05) is 25.8 Å². The molecule has 0 unspecified atom stereocenters. The number of nitrogens with two attached hydrogens (primary N) is 1. The Hall–Kier alpha value is -2.48. The normalized spacial score (nSPS) is 10.5. The van der Waals surface area contributed by atoms with E-state index >= 15 is 0 Å². The summed E-state index contributed by atoms with van der Waals surface area (Å²) in [7, 11) is 0. The summed E-state index contributed by atoms with van der Waals surface area (Å²) in [6, 6.07) is 3.94. The summed E-state index contributed by atoms with van der Waals surface area (Å²) < 4.78 is 1.56. The second-order valence-electron chi connectivity index (χ2n) is 4.91. The second-order valence-corrected chi connectivity index (χ2v) is 4.91. The zero-order valence-electron chi connectivity index (χ0n) is 12.6. The van der Waals surface area contributed by atoms with Gasteiger partial charge in [-0.05, 0) is 25.0 Å². The Labute approximate surface area is 129 Å². The Morgan fingerprint density at radius 3 is 2.95 bits per heavy atom. The van der Waals surface area contributed by atoms with E-state index in [2.05, 4.69) is 25.9 Å². The first-order valence-electron chi connectivity index (χ1n) is 7.24. The number of aromatic nitrogens is 4. The van der Waals surface area contributed by atoms with Gasteiger partial charge < -0.3 is 16.4 Å². The van der Waals surface area contributed by atoms with Crippen LogP contribution in [0.1, 0.15) is 22.5 Å². The molecule has 0 bridgehead atoms. The van der Waals surface area contributed by atoms with Crippen LogP contribution in [0.2, 0.25) is 0 Å². The summed E-state index contributed by atoms with van der Waals surface area (Å²) in [5.74, 6) is 0.610. The van der Waals surface area contributed by atoms with E-state index in [4.69, 9.17) is 5.73 Å². The van der Waals surface area contributed by atoms with Crippen molar-refractivity contribution in [3.05, 3.63) is 35.8 Å². The third-order valence-electron chi connectivity index (χ3n) is 2.99. The number of carbonyl (C=O) groups is 1. The highest BCUT2D eigenvalue weighted by molar-refractivity contribution is 5.91. The highest BCUT2D eigenvalue weighted by atomic mass is 16.2. The number of hydrogen-bond acceptors (Lipinski definition) is 6. The predicted molar refractivity (Wildman–Crippen MR) is 83.5 cm³/mol. The molecule has 0 radical (unpaired) electrons. The van der Waals surface area contributed by atoms with E-state index in [-0.39, 0.29) is 5.91 Å². The average molecular weight is 303 g/mol. The van der Waals surface area contributed by atoms with E-state index in [1.165, 1.54) is 0 Å². The molecule has 2 heterocycles. The molecular weight excluding hydrogens is 282 g/mol. The lowest BCUT2D eigenvalue weighted by Crippen LogP contribution is -2.26. The van der Waals surface area contributed by atoms with Gasteiger partial charge in [-0.25, -0.2) is 4.98 Å². The molecule has 2 aromatic rings. The summed E-state index contributed by atoms with van der Waals surface area (Å²) >= 11 is 0. The molecular formula is C14H21N7O. The molecule has 0 spiro atoms. The lowest BCUT2D eigenvalue weighted by molar-refractivity contribution is 0.0948. The summed E-state index contributed by atoms with van der Waals surface area (Å²) in [5.41, 5.74) is 6.85. The molecule has 118 valence electrons.